The van der Waals surface area contributed by atoms with Crippen LogP contribution in [-0.2, 0) is 21.4 Å². The Morgan fingerprint density at radius 1 is 1.40 bits per heavy atom. The summed E-state index contributed by atoms with van der Waals surface area (Å²) in [6.45, 7) is 3.55. The first-order chi connectivity index (χ1) is 9.31. The number of aliphatic hydroxyl groups is 1. The van der Waals surface area contributed by atoms with Crippen LogP contribution in [0.2, 0.25) is 0 Å². The summed E-state index contributed by atoms with van der Waals surface area (Å²) >= 11 is 0. The quantitative estimate of drug-likeness (QED) is 0.795. The molecule has 0 saturated carbocycles. The van der Waals surface area contributed by atoms with E-state index in [2.05, 4.69) is 4.72 Å². The molecule has 0 amide bonds. The van der Waals surface area contributed by atoms with Gasteiger partial charge in [-0.2, -0.15) is 0 Å². The zero-order chi connectivity index (χ0) is 15.3. The van der Waals surface area contributed by atoms with Gasteiger partial charge in [0.25, 0.3) is 0 Å². The SMILES string of the molecule is COCC(NS(=O)(=O)c1ccc(CO)cc1F)C(C)C. The standard InChI is InChI=1S/C13H20FNO4S/c1-9(2)12(8-19-3)15-20(17,18)13-5-4-10(7-16)6-11(13)14/h4-6,9,12,15-16H,7-8H2,1-3H3. The number of methoxy groups -OCH3 is 1. The van der Waals surface area contributed by atoms with E-state index < -0.39 is 26.8 Å². The second-order valence-corrected chi connectivity index (χ2v) is 6.53. The van der Waals surface area contributed by atoms with Gasteiger partial charge < -0.3 is 9.84 Å². The van der Waals surface area contributed by atoms with E-state index in [1.54, 1.807) is 0 Å². The van der Waals surface area contributed by atoms with Gasteiger partial charge in [0.2, 0.25) is 10.0 Å². The fourth-order valence-corrected chi connectivity index (χ4v) is 3.09. The number of rotatable bonds is 7. The third-order valence-corrected chi connectivity index (χ3v) is 4.45. The van der Waals surface area contributed by atoms with Crippen LogP contribution in [0.25, 0.3) is 0 Å². The molecule has 0 heterocycles. The van der Waals surface area contributed by atoms with E-state index >= 15 is 0 Å². The number of halogens is 1. The lowest BCUT2D eigenvalue weighted by atomic mass is 10.1. The Kier molecular flexibility index (Phi) is 6.07. The maximum atomic E-state index is 13.8. The van der Waals surface area contributed by atoms with Crippen LogP contribution < -0.4 is 4.72 Å². The molecule has 1 aromatic carbocycles. The lowest BCUT2D eigenvalue weighted by Crippen LogP contribution is -2.41. The highest BCUT2D eigenvalue weighted by Crippen LogP contribution is 2.17. The van der Waals surface area contributed by atoms with E-state index in [9.17, 15) is 12.8 Å². The normalized spacial score (nSPS) is 13.7. The topological polar surface area (TPSA) is 75.6 Å². The summed E-state index contributed by atoms with van der Waals surface area (Å²) in [6, 6.07) is 3.09. The van der Waals surface area contributed by atoms with Crippen LogP contribution in [0.1, 0.15) is 19.4 Å². The molecule has 0 aliphatic heterocycles. The zero-order valence-corrected chi connectivity index (χ0v) is 12.6. The number of benzene rings is 1. The Morgan fingerprint density at radius 2 is 2.05 bits per heavy atom. The first-order valence-corrected chi connectivity index (χ1v) is 7.70. The van der Waals surface area contributed by atoms with Gasteiger partial charge in [0.05, 0.1) is 13.2 Å². The predicted octanol–water partition coefficient (Wildman–Crippen LogP) is 1.27. The van der Waals surface area contributed by atoms with Crippen molar-refractivity contribution in [1.29, 1.82) is 0 Å². The zero-order valence-electron chi connectivity index (χ0n) is 11.8. The molecule has 2 N–H and O–H groups in total. The van der Waals surface area contributed by atoms with Crippen molar-refractivity contribution < 1.29 is 22.7 Å². The molecule has 0 aromatic heterocycles. The molecule has 1 unspecified atom stereocenters. The van der Waals surface area contributed by atoms with Gasteiger partial charge in [-0.15, -0.1) is 0 Å². The van der Waals surface area contributed by atoms with Gasteiger partial charge >= 0.3 is 0 Å². The maximum absolute atomic E-state index is 13.8. The van der Waals surface area contributed by atoms with Crippen LogP contribution in [0.5, 0.6) is 0 Å². The summed E-state index contributed by atoms with van der Waals surface area (Å²) in [6.07, 6.45) is 0. The second-order valence-electron chi connectivity index (χ2n) is 4.85. The fraction of sp³-hybridized carbons (Fsp3) is 0.538. The van der Waals surface area contributed by atoms with Crippen LogP contribution in [0.4, 0.5) is 4.39 Å². The van der Waals surface area contributed by atoms with Crippen molar-refractivity contribution in [2.24, 2.45) is 5.92 Å². The number of aliphatic hydroxyl groups excluding tert-OH is 1. The van der Waals surface area contributed by atoms with Gasteiger partial charge in [-0.1, -0.05) is 19.9 Å². The minimum absolute atomic E-state index is 0.00417. The first-order valence-electron chi connectivity index (χ1n) is 6.22. The lowest BCUT2D eigenvalue weighted by molar-refractivity contribution is 0.157. The Labute approximate surface area is 118 Å². The summed E-state index contributed by atoms with van der Waals surface area (Å²) in [7, 11) is -2.50. The number of hydrogen-bond donors (Lipinski definition) is 2. The van der Waals surface area contributed by atoms with Crippen molar-refractivity contribution in [1.82, 2.24) is 4.72 Å². The predicted molar refractivity (Wildman–Crippen MR) is 73.1 cm³/mol. The van der Waals surface area contributed by atoms with Gasteiger partial charge in [-0.3, -0.25) is 0 Å². The minimum atomic E-state index is -3.97. The van der Waals surface area contributed by atoms with Crippen LogP contribution in [-0.4, -0.2) is 33.3 Å². The van der Waals surface area contributed by atoms with E-state index in [0.717, 1.165) is 12.1 Å². The Balaban J connectivity index is 3.04. The van der Waals surface area contributed by atoms with E-state index in [1.165, 1.54) is 13.2 Å². The van der Waals surface area contributed by atoms with E-state index in [4.69, 9.17) is 9.84 Å². The summed E-state index contributed by atoms with van der Waals surface area (Å²) in [5.41, 5.74) is 0.318. The molecule has 1 atom stereocenters. The van der Waals surface area contributed by atoms with Crippen LogP contribution in [0, 0.1) is 11.7 Å². The summed E-state index contributed by atoms with van der Waals surface area (Å²) in [5.74, 6) is -0.881. The molecule has 0 bridgehead atoms. The molecule has 1 aromatic rings. The van der Waals surface area contributed by atoms with Gasteiger partial charge in [-0.05, 0) is 23.6 Å². The molecule has 0 saturated heterocycles. The summed E-state index contributed by atoms with van der Waals surface area (Å²) < 4.78 is 45.5. The van der Waals surface area contributed by atoms with E-state index in [-0.39, 0.29) is 19.1 Å². The Hall–Kier alpha value is -1.02. The summed E-state index contributed by atoms with van der Waals surface area (Å²) in [4.78, 5) is -0.434. The minimum Gasteiger partial charge on any atom is -0.392 e. The van der Waals surface area contributed by atoms with Gasteiger partial charge in [0.15, 0.2) is 0 Å². The number of sulfonamides is 1. The van der Waals surface area contributed by atoms with Crippen molar-refractivity contribution in [2.45, 2.75) is 31.4 Å². The third kappa shape index (κ3) is 4.24. The number of nitrogens with one attached hydrogen (secondary N) is 1. The highest BCUT2D eigenvalue weighted by Gasteiger charge is 2.25. The lowest BCUT2D eigenvalue weighted by Gasteiger charge is -2.21. The fourth-order valence-electron chi connectivity index (χ4n) is 1.67. The molecule has 5 nitrogen and oxygen atoms in total. The largest absolute Gasteiger partial charge is 0.392 e. The van der Waals surface area contributed by atoms with Crippen LogP contribution >= 0.6 is 0 Å². The van der Waals surface area contributed by atoms with Gasteiger partial charge in [-0.25, -0.2) is 17.5 Å². The molecule has 114 valence electrons. The molecule has 0 aliphatic carbocycles. The molecule has 0 aliphatic rings. The highest BCUT2D eigenvalue weighted by atomic mass is 32.2. The van der Waals surface area contributed by atoms with Gasteiger partial charge in [0, 0.05) is 13.2 Å². The van der Waals surface area contributed by atoms with Crippen molar-refractivity contribution in [3.63, 3.8) is 0 Å². The molecular formula is C13H20FNO4S. The van der Waals surface area contributed by atoms with Crippen molar-refractivity contribution in [3.8, 4) is 0 Å². The highest BCUT2D eigenvalue weighted by molar-refractivity contribution is 7.89. The maximum Gasteiger partial charge on any atom is 0.243 e. The second kappa shape index (κ2) is 7.12. The van der Waals surface area contributed by atoms with Gasteiger partial charge in [0.1, 0.15) is 10.7 Å². The Morgan fingerprint density at radius 3 is 2.50 bits per heavy atom. The average Bonchev–Trinajstić information content (AvgIpc) is 2.37. The van der Waals surface area contributed by atoms with Crippen molar-refractivity contribution in [2.75, 3.05) is 13.7 Å². The van der Waals surface area contributed by atoms with Crippen molar-refractivity contribution >= 4 is 10.0 Å². The number of ether oxygens (including phenoxy) is 1. The molecular weight excluding hydrogens is 285 g/mol. The third-order valence-electron chi connectivity index (χ3n) is 2.93. The molecule has 7 heteroatoms. The Bertz CT molecular complexity index is 545. The molecule has 0 fully saturated rings. The first kappa shape index (κ1) is 17.0. The molecule has 1 rings (SSSR count). The molecule has 0 radical (unpaired) electrons. The molecule has 0 spiro atoms. The average molecular weight is 305 g/mol. The van der Waals surface area contributed by atoms with Crippen molar-refractivity contribution in [3.05, 3.63) is 29.6 Å². The molecule has 20 heavy (non-hydrogen) atoms. The monoisotopic (exact) mass is 305 g/mol. The smallest absolute Gasteiger partial charge is 0.243 e. The number of hydrogen-bond acceptors (Lipinski definition) is 4. The van der Waals surface area contributed by atoms with E-state index in [0.29, 0.717) is 5.56 Å². The van der Waals surface area contributed by atoms with Crippen LogP contribution in [0.15, 0.2) is 23.1 Å². The summed E-state index contributed by atoms with van der Waals surface area (Å²) in [5, 5.41) is 8.90. The van der Waals surface area contributed by atoms with E-state index in [1.807, 2.05) is 13.8 Å². The van der Waals surface area contributed by atoms with Crippen LogP contribution in [0.3, 0.4) is 0 Å².